The van der Waals surface area contributed by atoms with Crippen molar-refractivity contribution in [3.8, 4) is 0 Å². The molecule has 0 saturated carbocycles. The van der Waals surface area contributed by atoms with Crippen molar-refractivity contribution in [2.75, 3.05) is 13.1 Å². The van der Waals surface area contributed by atoms with Crippen LogP contribution in [0.3, 0.4) is 0 Å². The predicted molar refractivity (Wildman–Crippen MR) is 90.2 cm³/mol. The second-order valence-corrected chi connectivity index (χ2v) is 7.91. The van der Waals surface area contributed by atoms with Gasteiger partial charge in [0.15, 0.2) is 0 Å². The van der Waals surface area contributed by atoms with E-state index in [2.05, 4.69) is 10.2 Å². The smallest absolute Gasteiger partial charge is 0.253 e. The SMILES string of the molecule is Cc1cc(C[C@@H]2CN(C(=O)c3ccc(S(N)(=O)=O)cc3)C[C@@H]2O)n[nH]1. The van der Waals surface area contributed by atoms with Crippen LogP contribution in [0.2, 0.25) is 0 Å². The quantitative estimate of drug-likeness (QED) is 0.705. The lowest BCUT2D eigenvalue weighted by molar-refractivity contribution is 0.0764. The topological polar surface area (TPSA) is 129 Å². The molecule has 9 heteroatoms. The number of carbonyl (C=O) groups is 1. The lowest BCUT2D eigenvalue weighted by Crippen LogP contribution is -2.29. The first-order chi connectivity index (χ1) is 11.7. The summed E-state index contributed by atoms with van der Waals surface area (Å²) in [5, 5.41) is 22.3. The number of likely N-dealkylation sites (tertiary alicyclic amines) is 1. The highest BCUT2D eigenvalue weighted by molar-refractivity contribution is 7.89. The van der Waals surface area contributed by atoms with E-state index >= 15 is 0 Å². The molecule has 8 nitrogen and oxygen atoms in total. The summed E-state index contributed by atoms with van der Waals surface area (Å²) in [6, 6.07) is 7.39. The standard InChI is InChI=1S/C16H20N4O4S/c1-10-6-13(19-18-10)7-12-8-20(9-15(12)21)16(22)11-2-4-14(5-3-11)25(17,23)24/h2-6,12,15,21H,7-9H2,1H3,(H,18,19)(H2,17,23,24)/t12-,15+/m1/s1. The first-order valence-electron chi connectivity index (χ1n) is 7.85. The molecule has 1 saturated heterocycles. The molecule has 1 aromatic heterocycles. The normalized spacial score (nSPS) is 20.8. The minimum absolute atomic E-state index is 0.0442. The summed E-state index contributed by atoms with van der Waals surface area (Å²) in [6.07, 6.45) is -0.0377. The summed E-state index contributed by atoms with van der Waals surface area (Å²) in [6.45, 7) is 2.56. The van der Waals surface area contributed by atoms with Crippen molar-refractivity contribution >= 4 is 15.9 Å². The summed E-state index contributed by atoms with van der Waals surface area (Å²) in [4.78, 5) is 14.1. The molecule has 2 atom stereocenters. The Morgan fingerprint density at radius 1 is 1.36 bits per heavy atom. The molecule has 0 spiro atoms. The van der Waals surface area contributed by atoms with Gasteiger partial charge in [-0.25, -0.2) is 13.6 Å². The number of amides is 1. The van der Waals surface area contributed by atoms with E-state index in [1.54, 1.807) is 4.90 Å². The molecule has 134 valence electrons. The zero-order chi connectivity index (χ0) is 18.2. The van der Waals surface area contributed by atoms with Gasteiger partial charge in [0.05, 0.1) is 16.7 Å². The van der Waals surface area contributed by atoms with Gasteiger partial charge in [0.1, 0.15) is 0 Å². The van der Waals surface area contributed by atoms with Crippen molar-refractivity contribution in [1.82, 2.24) is 15.1 Å². The van der Waals surface area contributed by atoms with Crippen LogP contribution in [0.25, 0.3) is 0 Å². The molecule has 25 heavy (non-hydrogen) atoms. The number of rotatable bonds is 4. The Labute approximate surface area is 145 Å². The van der Waals surface area contributed by atoms with Crippen LogP contribution < -0.4 is 5.14 Å². The molecular formula is C16H20N4O4S. The summed E-state index contributed by atoms with van der Waals surface area (Å²) in [7, 11) is -3.79. The van der Waals surface area contributed by atoms with Gasteiger partial charge in [-0.05, 0) is 43.7 Å². The highest BCUT2D eigenvalue weighted by Crippen LogP contribution is 2.23. The van der Waals surface area contributed by atoms with E-state index in [0.717, 1.165) is 11.4 Å². The molecule has 3 rings (SSSR count). The molecule has 1 aromatic carbocycles. The van der Waals surface area contributed by atoms with Gasteiger partial charge in [-0.2, -0.15) is 5.10 Å². The fourth-order valence-corrected chi connectivity index (χ4v) is 3.55. The second kappa shape index (κ2) is 6.58. The third-order valence-electron chi connectivity index (χ3n) is 4.35. The van der Waals surface area contributed by atoms with Crippen molar-refractivity contribution in [2.45, 2.75) is 24.3 Å². The predicted octanol–water partition coefficient (Wildman–Crippen LogP) is 0.0411. The number of sulfonamides is 1. The number of hydrogen-bond acceptors (Lipinski definition) is 5. The van der Waals surface area contributed by atoms with E-state index in [0.29, 0.717) is 18.5 Å². The minimum atomic E-state index is -3.79. The van der Waals surface area contributed by atoms with E-state index in [4.69, 9.17) is 5.14 Å². The Bertz CT molecular complexity index is 876. The van der Waals surface area contributed by atoms with Crippen molar-refractivity contribution < 1.29 is 18.3 Å². The van der Waals surface area contributed by atoms with Crippen LogP contribution in [-0.4, -0.2) is 53.7 Å². The van der Waals surface area contributed by atoms with E-state index in [1.165, 1.54) is 24.3 Å². The van der Waals surface area contributed by atoms with Crippen LogP contribution in [0.15, 0.2) is 35.2 Å². The van der Waals surface area contributed by atoms with Gasteiger partial charge < -0.3 is 10.0 Å². The van der Waals surface area contributed by atoms with Crippen LogP contribution in [-0.2, 0) is 16.4 Å². The molecule has 0 aliphatic carbocycles. The molecule has 0 bridgehead atoms. The number of nitrogens with zero attached hydrogens (tertiary/aromatic N) is 2. The maximum absolute atomic E-state index is 12.6. The zero-order valence-corrected chi connectivity index (χ0v) is 14.5. The number of aromatic amines is 1. The Morgan fingerprint density at radius 2 is 2.04 bits per heavy atom. The Balaban J connectivity index is 1.69. The second-order valence-electron chi connectivity index (χ2n) is 6.35. The monoisotopic (exact) mass is 364 g/mol. The van der Waals surface area contributed by atoms with Gasteiger partial charge >= 0.3 is 0 Å². The number of primary sulfonamides is 1. The Kier molecular flexibility index (Phi) is 4.63. The van der Waals surface area contributed by atoms with E-state index in [1.807, 2.05) is 13.0 Å². The summed E-state index contributed by atoms with van der Waals surface area (Å²) < 4.78 is 22.5. The van der Waals surface area contributed by atoms with Crippen molar-refractivity contribution in [3.05, 3.63) is 47.3 Å². The van der Waals surface area contributed by atoms with Gasteiger partial charge in [-0.1, -0.05) is 0 Å². The third kappa shape index (κ3) is 3.89. The number of nitrogens with one attached hydrogen (secondary N) is 1. The van der Waals surface area contributed by atoms with E-state index in [-0.39, 0.29) is 23.3 Å². The molecule has 1 aliphatic rings. The third-order valence-corrected chi connectivity index (χ3v) is 5.28. The number of aliphatic hydroxyl groups is 1. The molecule has 2 aromatic rings. The van der Waals surface area contributed by atoms with Crippen LogP contribution in [0.4, 0.5) is 0 Å². The molecule has 1 fully saturated rings. The number of H-pyrrole nitrogens is 1. The maximum Gasteiger partial charge on any atom is 0.253 e. The molecule has 1 amide bonds. The van der Waals surface area contributed by atoms with Gasteiger partial charge in [0.2, 0.25) is 10.0 Å². The molecular weight excluding hydrogens is 344 g/mol. The molecule has 2 heterocycles. The van der Waals surface area contributed by atoms with E-state index < -0.39 is 16.1 Å². The van der Waals surface area contributed by atoms with Gasteiger partial charge in [0.25, 0.3) is 5.91 Å². The number of aryl methyl sites for hydroxylation is 1. The molecule has 0 unspecified atom stereocenters. The average molecular weight is 364 g/mol. The highest BCUT2D eigenvalue weighted by Gasteiger charge is 2.34. The molecule has 0 radical (unpaired) electrons. The summed E-state index contributed by atoms with van der Waals surface area (Å²) in [5.41, 5.74) is 2.16. The first kappa shape index (κ1) is 17.6. The van der Waals surface area contributed by atoms with Crippen LogP contribution >= 0.6 is 0 Å². The fraction of sp³-hybridized carbons (Fsp3) is 0.375. The largest absolute Gasteiger partial charge is 0.391 e. The zero-order valence-electron chi connectivity index (χ0n) is 13.7. The number of nitrogens with two attached hydrogens (primary N) is 1. The molecule has 4 N–H and O–H groups in total. The Hall–Kier alpha value is -2.23. The highest BCUT2D eigenvalue weighted by atomic mass is 32.2. The first-order valence-corrected chi connectivity index (χ1v) is 9.40. The number of aliphatic hydroxyl groups excluding tert-OH is 1. The van der Waals surface area contributed by atoms with Crippen LogP contribution in [0, 0.1) is 12.8 Å². The maximum atomic E-state index is 12.6. The van der Waals surface area contributed by atoms with Crippen molar-refractivity contribution in [3.63, 3.8) is 0 Å². The van der Waals surface area contributed by atoms with Crippen molar-refractivity contribution in [1.29, 1.82) is 0 Å². The minimum Gasteiger partial charge on any atom is -0.391 e. The lowest BCUT2D eigenvalue weighted by atomic mass is 10.0. The lowest BCUT2D eigenvalue weighted by Gasteiger charge is -2.16. The van der Waals surface area contributed by atoms with Gasteiger partial charge in [-0.3, -0.25) is 9.89 Å². The average Bonchev–Trinajstić information content (AvgIpc) is 3.12. The summed E-state index contributed by atoms with van der Waals surface area (Å²) in [5.74, 6) is -0.337. The number of β-amino-alcohol motifs (C(OH)–C–C–N with tert-alkyl or cyclic N) is 1. The molecule has 1 aliphatic heterocycles. The number of benzene rings is 1. The Morgan fingerprint density at radius 3 is 2.60 bits per heavy atom. The van der Waals surface area contributed by atoms with Gasteiger partial charge in [-0.15, -0.1) is 0 Å². The number of aromatic nitrogens is 2. The van der Waals surface area contributed by atoms with Crippen LogP contribution in [0.1, 0.15) is 21.7 Å². The van der Waals surface area contributed by atoms with Crippen LogP contribution in [0.5, 0.6) is 0 Å². The number of carbonyl (C=O) groups excluding carboxylic acids is 1. The van der Waals surface area contributed by atoms with Crippen molar-refractivity contribution in [2.24, 2.45) is 11.1 Å². The summed E-state index contributed by atoms with van der Waals surface area (Å²) >= 11 is 0. The van der Waals surface area contributed by atoms with E-state index in [9.17, 15) is 18.3 Å². The van der Waals surface area contributed by atoms with Gasteiger partial charge in [0, 0.05) is 30.3 Å². The number of hydrogen-bond donors (Lipinski definition) is 3. The fourth-order valence-electron chi connectivity index (χ4n) is 3.04.